The minimum Gasteiger partial charge on any atom is -0.460 e. The number of nitrogens with one attached hydrogen (secondary N) is 1. The van der Waals surface area contributed by atoms with Crippen molar-refractivity contribution in [1.82, 2.24) is 5.32 Å². The Balaban J connectivity index is 1.55. The molecule has 71 heavy (non-hydrogen) atoms. The zero-order chi connectivity index (χ0) is 52.5. The van der Waals surface area contributed by atoms with Crippen molar-refractivity contribution in [3.05, 3.63) is 71.8 Å². The molecule has 0 spiro atoms. The van der Waals surface area contributed by atoms with Crippen LogP contribution in [0.1, 0.15) is 138 Å². The van der Waals surface area contributed by atoms with Gasteiger partial charge in [-0.05, 0) is 93.5 Å². The van der Waals surface area contributed by atoms with Crippen LogP contribution in [0.5, 0.6) is 0 Å². The molecule has 1 unspecified atom stereocenters. The van der Waals surface area contributed by atoms with Gasteiger partial charge < -0.3 is 43.0 Å². The molecule has 1 saturated heterocycles. The third-order valence-corrected chi connectivity index (χ3v) is 27.0. The van der Waals surface area contributed by atoms with E-state index in [1.807, 2.05) is 78.8 Å². The standard InChI is InChI=1S/C55H83NO13Si2/c1-15-70(16-2,17-3)68-42-32-43-54(34-63-43,66-36(8)57)46-47(65-48(59)38-29-25-22-26-30-38)55(62)33-40(35(7)39(52(55,12)13)31-41(58)53(42,46)14)64-49(60)45(69-71(18-4,19-5)20-6)44(37-27-23-21-24-28-37)56-50(61)67-51(9,10)11/h21-30,35,39-40,42-47,62H,15-20,31-34H2,1-14H3,(H,56,61)/t35-,39?,40+,42+,43-,44+,45-,46+,47+,53-,54+,55-/m1/s1. The number of rotatable bonds is 18. The molecular weight excluding hydrogens is 939 g/mol. The summed E-state index contributed by atoms with van der Waals surface area (Å²) in [6.45, 7) is 26.5. The lowest BCUT2D eigenvalue weighted by molar-refractivity contribution is -0.351. The van der Waals surface area contributed by atoms with Gasteiger partial charge in [0.1, 0.15) is 35.3 Å². The van der Waals surface area contributed by atoms with Crippen LogP contribution in [-0.2, 0) is 46.9 Å². The smallest absolute Gasteiger partial charge is 0.408 e. The molecule has 0 aromatic heterocycles. The molecule has 2 aromatic rings. The Hall–Kier alpha value is -3.94. The number of hydrogen-bond acceptors (Lipinski definition) is 13. The maximum absolute atomic E-state index is 16.0. The number of hydrogen-bond donors (Lipinski definition) is 2. The summed E-state index contributed by atoms with van der Waals surface area (Å²) in [5.41, 5.74) is -6.26. The second-order valence-corrected chi connectivity index (χ2v) is 32.1. The minimum absolute atomic E-state index is 0.0539. The molecule has 394 valence electrons. The number of fused-ring (bicyclic) bond motifs is 5. The third kappa shape index (κ3) is 10.6. The first-order valence-electron chi connectivity index (χ1n) is 26.2. The lowest BCUT2D eigenvalue weighted by atomic mass is 9.43. The highest BCUT2D eigenvalue weighted by Gasteiger charge is 2.78. The van der Waals surface area contributed by atoms with Gasteiger partial charge in [0.05, 0.1) is 35.6 Å². The van der Waals surface area contributed by atoms with E-state index in [1.54, 1.807) is 51.1 Å². The molecule has 2 N–H and O–H groups in total. The van der Waals surface area contributed by atoms with Gasteiger partial charge in [-0.3, -0.25) is 9.59 Å². The van der Waals surface area contributed by atoms with Crippen LogP contribution in [0.4, 0.5) is 4.79 Å². The number of carbonyl (C=O) groups excluding carboxylic acids is 5. The zero-order valence-corrected chi connectivity index (χ0v) is 46.9. The Morgan fingerprint density at radius 2 is 1.41 bits per heavy atom. The fraction of sp³-hybridized carbons (Fsp3) is 0.691. The lowest BCUT2D eigenvalue weighted by Gasteiger charge is -2.69. The maximum atomic E-state index is 16.0. The number of aliphatic hydroxyl groups is 1. The topological polar surface area (TPSA) is 182 Å². The van der Waals surface area contributed by atoms with Gasteiger partial charge in [0.15, 0.2) is 28.3 Å². The fourth-order valence-electron chi connectivity index (χ4n) is 12.7. The second kappa shape index (κ2) is 21.5. The van der Waals surface area contributed by atoms with Crippen molar-refractivity contribution in [2.75, 3.05) is 6.61 Å². The molecular formula is C55H83NO13Si2. The molecule has 16 heteroatoms. The van der Waals surface area contributed by atoms with Gasteiger partial charge in [-0.15, -0.1) is 0 Å². The predicted octanol–water partition coefficient (Wildman–Crippen LogP) is 10.3. The molecule has 3 saturated carbocycles. The zero-order valence-electron chi connectivity index (χ0n) is 44.9. The molecule has 0 radical (unpaired) electrons. The van der Waals surface area contributed by atoms with E-state index < -0.39 is 123 Å². The molecule has 3 aliphatic carbocycles. The van der Waals surface area contributed by atoms with Crippen LogP contribution in [-0.4, -0.2) is 105 Å². The Kier molecular flexibility index (Phi) is 17.1. The van der Waals surface area contributed by atoms with Gasteiger partial charge in [0, 0.05) is 31.6 Å². The summed E-state index contributed by atoms with van der Waals surface area (Å²) in [7, 11) is -5.14. The quantitative estimate of drug-likeness (QED) is 0.0818. The molecule has 1 amide bonds. The number of amides is 1. The minimum atomic E-state index is -2.66. The van der Waals surface area contributed by atoms with Crippen LogP contribution >= 0.6 is 0 Å². The summed E-state index contributed by atoms with van der Waals surface area (Å²) in [4.78, 5) is 73.4. The number of ketones is 1. The summed E-state index contributed by atoms with van der Waals surface area (Å²) in [6.07, 6.45) is -6.23. The first-order valence-corrected chi connectivity index (χ1v) is 31.3. The molecule has 12 atom stereocenters. The molecule has 14 nitrogen and oxygen atoms in total. The normalized spacial score (nSPS) is 31.2. The van der Waals surface area contributed by atoms with E-state index in [2.05, 4.69) is 26.1 Å². The second-order valence-electron chi connectivity index (χ2n) is 22.6. The van der Waals surface area contributed by atoms with E-state index in [4.69, 9.17) is 32.5 Å². The van der Waals surface area contributed by atoms with E-state index in [1.165, 1.54) is 6.92 Å². The molecule has 6 rings (SSSR count). The van der Waals surface area contributed by atoms with Gasteiger partial charge in [0.25, 0.3) is 0 Å². The molecule has 4 fully saturated rings. The molecule has 2 bridgehead atoms. The summed E-state index contributed by atoms with van der Waals surface area (Å²) in [5.74, 6) is -4.67. The number of Topliss-reactive ketones (excluding diaryl/α,β-unsaturated/α-hetero) is 1. The van der Waals surface area contributed by atoms with Gasteiger partial charge in [-0.25, -0.2) is 14.4 Å². The van der Waals surface area contributed by atoms with E-state index in [0.29, 0.717) is 23.7 Å². The van der Waals surface area contributed by atoms with Crippen molar-refractivity contribution in [2.24, 2.45) is 28.6 Å². The van der Waals surface area contributed by atoms with Crippen molar-refractivity contribution in [3.63, 3.8) is 0 Å². The molecule has 1 heterocycles. The lowest BCUT2D eigenvalue weighted by Crippen LogP contribution is -2.82. The SMILES string of the molecule is CC[Si](CC)(CC)O[C@H]1C[C@H]2OC[C@@]2(OC(C)=O)[C@H]2[C@H](OC(=O)c3ccccc3)[C@]3(O)C[C@H](OC(=O)[C@H](O[Si](CC)(CC)CC)[C@@H](NC(=O)OC(C)(C)C)c4ccccc4)[C@H](C)C(CC(=O)[C@]12C)C3(C)C. The largest absolute Gasteiger partial charge is 0.460 e. The Morgan fingerprint density at radius 3 is 1.92 bits per heavy atom. The predicted molar refractivity (Wildman–Crippen MR) is 274 cm³/mol. The average molecular weight is 1020 g/mol. The van der Waals surface area contributed by atoms with Crippen molar-refractivity contribution in [2.45, 2.75) is 206 Å². The Bertz CT molecular complexity index is 2200. The van der Waals surface area contributed by atoms with Gasteiger partial charge in [-0.2, -0.15) is 0 Å². The third-order valence-electron chi connectivity index (χ3n) is 17.7. The van der Waals surface area contributed by atoms with Crippen LogP contribution in [0.25, 0.3) is 0 Å². The van der Waals surface area contributed by atoms with Crippen molar-refractivity contribution >= 4 is 46.4 Å². The van der Waals surface area contributed by atoms with Crippen molar-refractivity contribution in [1.29, 1.82) is 0 Å². The average Bonchev–Trinajstić information content (AvgIpc) is 3.33. The first kappa shape index (κ1) is 56.4. The Labute approximate surface area is 424 Å². The van der Waals surface area contributed by atoms with Crippen LogP contribution in [0.15, 0.2) is 60.7 Å². The van der Waals surface area contributed by atoms with Crippen molar-refractivity contribution in [3.8, 4) is 0 Å². The van der Waals surface area contributed by atoms with Gasteiger partial charge >= 0.3 is 24.0 Å². The number of benzene rings is 2. The Morgan fingerprint density at radius 1 is 0.845 bits per heavy atom. The summed E-state index contributed by atoms with van der Waals surface area (Å²) >= 11 is 0. The highest BCUT2D eigenvalue weighted by Crippen LogP contribution is 2.66. The van der Waals surface area contributed by atoms with Crippen LogP contribution < -0.4 is 5.32 Å². The summed E-state index contributed by atoms with van der Waals surface area (Å²) in [5, 5.41) is 17.2. The van der Waals surface area contributed by atoms with Gasteiger partial charge in [-0.1, -0.05) is 111 Å². The number of ether oxygens (including phenoxy) is 5. The highest BCUT2D eigenvalue weighted by atomic mass is 28.4. The maximum Gasteiger partial charge on any atom is 0.408 e. The number of esters is 3. The number of alkyl carbamates (subject to hydrolysis) is 1. The highest BCUT2D eigenvalue weighted by molar-refractivity contribution is 6.74. The van der Waals surface area contributed by atoms with Crippen LogP contribution in [0.2, 0.25) is 36.3 Å². The summed E-state index contributed by atoms with van der Waals surface area (Å²) in [6, 6.07) is 20.9. The fourth-order valence-corrected chi connectivity index (χ4v) is 18.5. The molecule has 2 aromatic carbocycles. The molecule has 1 aliphatic heterocycles. The van der Waals surface area contributed by atoms with Crippen LogP contribution in [0.3, 0.4) is 0 Å². The molecule has 4 aliphatic rings. The monoisotopic (exact) mass is 1020 g/mol. The number of carbonyl (C=O) groups is 5. The van der Waals surface area contributed by atoms with Crippen molar-refractivity contribution < 1.29 is 61.6 Å². The summed E-state index contributed by atoms with van der Waals surface area (Å²) < 4.78 is 46.5. The van der Waals surface area contributed by atoms with Gasteiger partial charge in [0.2, 0.25) is 0 Å². The van der Waals surface area contributed by atoms with E-state index >= 15 is 9.59 Å². The van der Waals surface area contributed by atoms with E-state index in [-0.39, 0.29) is 37.2 Å². The van der Waals surface area contributed by atoms with Crippen LogP contribution in [0, 0.1) is 28.6 Å². The van der Waals surface area contributed by atoms with E-state index in [9.17, 15) is 19.5 Å². The van der Waals surface area contributed by atoms with E-state index in [0.717, 1.165) is 18.1 Å². The first-order chi connectivity index (χ1) is 33.3.